The summed E-state index contributed by atoms with van der Waals surface area (Å²) in [4.78, 5) is 17.7. The third-order valence-corrected chi connectivity index (χ3v) is 5.30. The van der Waals surface area contributed by atoms with Crippen LogP contribution in [0.25, 0.3) is 22.3 Å². The Morgan fingerprint density at radius 1 is 1.33 bits per heavy atom. The van der Waals surface area contributed by atoms with E-state index in [1.54, 1.807) is 6.20 Å². The summed E-state index contributed by atoms with van der Waals surface area (Å²) < 4.78 is 13.0. The number of hydrogen-bond donors (Lipinski definition) is 1. The Morgan fingerprint density at radius 2 is 2.20 bits per heavy atom. The first-order chi connectivity index (χ1) is 14.8. The van der Waals surface area contributed by atoms with E-state index in [4.69, 9.17) is 14.5 Å². The number of amides is 1. The summed E-state index contributed by atoms with van der Waals surface area (Å²) >= 11 is 0. The summed E-state index contributed by atoms with van der Waals surface area (Å²) in [5, 5.41) is 8.17. The summed E-state index contributed by atoms with van der Waals surface area (Å²) in [6, 6.07) is 11.7. The van der Waals surface area contributed by atoms with Gasteiger partial charge in [0.2, 0.25) is 0 Å². The number of pyridine rings is 1. The molecule has 2 aromatic heterocycles. The second-order valence-corrected chi connectivity index (χ2v) is 7.44. The van der Waals surface area contributed by atoms with Crippen molar-refractivity contribution >= 4 is 16.9 Å². The number of nitrogens with zero attached hydrogens (tertiary/aromatic N) is 3. The lowest BCUT2D eigenvalue weighted by Crippen LogP contribution is -2.26. The standard InChI is InChI=1S/C23H28N4O3/c1-2-27-22-20(15-25-27)19(14-21(26-22)17-8-4-3-5-9-17)23(28)24-11-7-12-29-16-18-10-6-13-30-18/h3-5,8-9,14-15,18H,2,6-7,10-13,16H2,1H3,(H,24,28). The molecule has 30 heavy (non-hydrogen) atoms. The molecule has 1 saturated heterocycles. The highest BCUT2D eigenvalue weighted by Gasteiger charge is 2.17. The van der Waals surface area contributed by atoms with E-state index in [-0.39, 0.29) is 12.0 Å². The minimum absolute atomic E-state index is 0.116. The molecule has 3 aromatic rings. The average molecular weight is 409 g/mol. The summed E-state index contributed by atoms with van der Waals surface area (Å²) in [5.41, 5.74) is 3.06. The quantitative estimate of drug-likeness (QED) is 0.549. The lowest BCUT2D eigenvalue weighted by atomic mass is 10.1. The van der Waals surface area contributed by atoms with E-state index in [1.807, 2.05) is 48.0 Å². The Balaban J connectivity index is 1.42. The molecule has 1 atom stereocenters. The van der Waals surface area contributed by atoms with Crippen molar-refractivity contribution in [3.63, 3.8) is 0 Å². The Bertz CT molecular complexity index is 981. The number of hydrogen-bond acceptors (Lipinski definition) is 5. The molecule has 0 spiro atoms. The van der Waals surface area contributed by atoms with E-state index in [9.17, 15) is 4.79 Å². The number of rotatable bonds is 9. The van der Waals surface area contributed by atoms with Gasteiger partial charge >= 0.3 is 0 Å². The van der Waals surface area contributed by atoms with Crippen LogP contribution >= 0.6 is 0 Å². The third-order valence-electron chi connectivity index (χ3n) is 5.30. The smallest absolute Gasteiger partial charge is 0.252 e. The molecule has 7 nitrogen and oxygen atoms in total. The van der Waals surface area contributed by atoms with Gasteiger partial charge < -0.3 is 14.8 Å². The van der Waals surface area contributed by atoms with Crippen LogP contribution in [0.15, 0.2) is 42.6 Å². The first kappa shape index (κ1) is 20.5. The number of carbonyl (C=O) groups is 1. The zero-order chi connectivity index (χ0) is 20.8. The topological polar surface area (TPSA) is 78.3 Å². The van der Waals surface area contributed by atoms with Gasteiger partial charge in [-0.25, -0.2) is 9.67 Å². The maximum absolute atomic E-state index is 12.9. The molecule has 1 unspecified atom stereocenters. The lowest BCUT2D eigenvalue weighted by Gasteiger charge is -2.11. The largest absolute Gasteiger partial charge is 0.379 e. The molecule has 1 aromatic carbocycles. The molecule has 0 aliphatic carbocycles. The minimum Gasteiger partial charge on any atom is -0.379 e. The summed E-state index contributed by atoms with van der Waals surface area (Å²) in [6.07, 6.45) is 4.90. The number of aromatic nitrogens is 3. The third kappa shape index (κ3) is 4.68. The highest BCUT2D eigenvalue weighted by Crippen LogP contribution is 2.25. The molecular formula is C23H28N4O3. The Kier molecular flexibility index (Phi) is 6.71. The molecule has 0 bridgehead atoms. The summed E-state index contributed by atoms with van der Waals surface area (Å²) in [5.74, 6) is -0.116. The van der Waals surface area contributed by atoms with Crippen LogP contribution < -0.4 is 5.32 Å². The SMILES string of the molecule is CCn1ncc2c(C(=O)NCCCOCC3CCCO3)cc(-c3ccccc3)nc21. The van der Waals surface area contributed by atoms with E-state index in [0.717, 1.165) is 48.2 Å². The molecule has 1 amide bonds. The minimum atomic E-state index is -0.116. The molecule has 0 radical (unpaired) electrons. The van der Waals surface area contributed by atoms with Crippen molar-refractivity contribution < 1.29 is 14.3 Å². The molecule has 0 saturated carbocycles. The van der Waals surface area contributed by atoms with Crippen molar-refractivity contribution in [1.29, 1.82) is 0 Å². The van der Waals surface area contributed by atoms with E-state index >= 15 is 0 Å². The summed E-state index contributed by atoms with van der Waals surface area (Å²) in [7, 11) is 0. The molecule has 1 fully saturated rings. The van der Waals surface area contributed by atoms with Crippen LogP contribution in [-0.4, -0.2) is 53.1 Å². The normalized spacial score (nSPS) is 16.2. The predicted octanol–water partition coefficient (Wildman–Crippen LogP) is 3.43. The molecule has 1 aliphatic heterocycles. The zero-order valence-electron chi connectivity index (χ0n) is 17.3. The van der Waals surface area contributed by atoms with Crippen LogP contribution in [-0.2, 0) is 16.0 Å². The van der Waals surface area contributed by atoms with Crippen LogP contribution in [0.4, 0.5) is 0 Å². The second kappa shape index (κ2) is 9.82. The number of benzene rings is 1. The Morgan fingerprint density at radius 3 is 2.97 bits per heavy atom. The second-order valence-electron chi connectivity index (χ2n) is 7.44. The average Bonchev–Trinajstić information content (AvgIpc) is 3.45. The van der Waals surface area contributed by atoms with Gasteiger partial charge in [0.15, 0.2) is 5.65 Å². The fraction of sp³-hybridized carbons (Fsp3) is 0.435. The van der Waals surface area contributed by atoms with Crippen molar-refractivity contribution in [1.82, 2.24) is 20.1 Å². The molecule has 1 aliphatic rings. The van der Waals surface area contributed by atoms with Gasteiger partial charge in [0.05, 0.1) is 35.6 Å². The first-order valence-corrected chi connectivity index (χ1v) is 10.7. The number of carbonyl (C=O) groups excluding carboxylic acids is 1. The summed E-state index contributed by atoms with van der Waals surface area (Å²) in [6.45, 7) is 5.34. The Hall–Kier alpha value is -2.77. The lowest BCUT2D eigenvalue weighted by molar-refractivity contribution is 0.0166. The first-order valence-electron chi connectivity index (χ1n) is 10.7. The molecule has 158 valence electrons. The number of fused-ring (bicyclic) bond motifs is 1. The monoisotopic (exact) mass is 408 g/mol. The highest BCUT2D eigenvalue weighted by atomic mass is 16.5. The van der Waals surface area contributed by atoms with Gasteiger partial charge in [0, 0.05) is 31.9 Å². The Labute approximate surface area is 176 Å². The fourth-order valence-electron chi connectivity index (χ4n) is 3.69. The molecule has 4 rings (SSSR count). The molecular weight excluding hydrogens is 380 g/mol. The van der Waals surface area contributed by atoms with Gasteiger partial charge in [-0.2, -0.15) is 5.10 Å². The van der Waals surface area contributed by atoms with Crippen LogP contribution in [0, 0.1) is 0 Å². The number of aryl methyl sites for hydroxylation is 1. The van der Waals surface area contributed by atoms with Crippen molar-refractivity contribution in [2.45, 2.75) is 38.8 Å². The number of ether oxygens (including phenoxy) is 2. The zero-order valence-corrected chi connectivity index (χ0v) is 17.3. The van der Waals surface area contributed by atoms with E-state index in [2.05, 4.69) is 10.4 Å². The van der Waals surface area contributed by atoms with Crippen LogP contribution in [0.5, 0.6) is 0 Å². The van der Waals surface area contributed by atoms with E-state index in [1.165, 1.54) is 0 Å². The van der Waals surface area contributed by atoms with Crippen molar-refractivity contribution in [2.75, 3.05) is 26.4 Å². The van der Waals surface area contributed by atoms with Gasteiger partial charge in [-0.15, -0.1) is 0 Å². The highest BCUT2D eigenvalue weighted by molar-refractivity contribution is 6.06. The van der Waals surface area contributed by atoms with E-state index in [0.29, 0.717) is 31.9 Å². The van der Waals surface area contributed by atoms with Crippen LogP contribution in [0.1, 0.15) is 36.5 Å². The van der Waals surface area contributed by atoms with E-state index < -0.39 is 0 Å². The molecule has 3 heterocycles. The molecule has 1 N–H and O–H groups in total. The van der Waals surface area contributed by atoms with Gasteiger partial charge in [-0.3, -0.25) is 4.79 Å². The molecule has 7 heteroatoms. The fourth-order valence-corrected chi connectivity index (χ4v) is 3.69. The van der Waals surface area contributed by atoms with Gasteiger partial charge in [-0.1, -0.05) is 30.3 Å². The maximum atomic E-state index is 12.9. The van der Waals surface area contributed by atoms with Crippen molar-refractivity contribution in [3.8, 4) is 11.3 Å². The van der Waals surface area contributed by atoms with Crippen molar-refractivity contribution in [2.24, 2.45) is 0 Å². The van der Waals surface area contributed by atoms with Crippen LogP contribution in [0.2, 0.25) is 0 Å². The predicted molar refractivity (Wildman–Crippen MR) is 115 cm³/mol. The number of nitrogens with one attached hydrogen (secondary N) is 1. The van der Waals surface area contributed by atoms with Gasteiger partial charge in [0.25, 0.3) is 5.91 Å². The van der Waals surface area contributed by atoms with Gasteiger partial charge in [0.1, 0.15) is 0 Å². The van der Waals surface area contributed by atoms with Crippen LogP contribution in [0.3, 0.4) is 0 Å². The maximum Gasteiger partial charge on any atom is 0.252 e. The van der Waals surface area contributed by atoms with Gasteiger partial charge in [-0.05, 0) is 32.3 Å². The van der Waals surface area contributed by atoms with Crippen molar-refractivity contribution in [3.05, 3.63) is 48.2 Å².